The third kappa shape index (κ3) is 0.920. The smallest absolute Gasteiger partial charge is 0.228 e. The maximum atomic E-state index is 10.9. The van der Waals surface area contributed by atoms with Gasteiger partial charge in [0, 0.05) is 17.4 Å². The topological polar surface area (TPSA) is 65.8 Å². The summed E-state index contributed by atoms with van der Waals surface area (Å²) < 4.78 is 0. The Morgan fingerprint density at radius 2 is 2.50 bits per heavy atom. The summed E-state index contributed by atoms with van der Waals surface area (Å²) in [4.78, 5) is 14.7. The number of amides is 1. The van der Waals surface area contributed by atoms with Crippen LogP contribution in [-0.2, 0) is 11.2 Å². The fourth-order valence-electron chi connectivity index (χ4n) is 1.17. The van der Waals surface area contributed by atoms with Gasteiger partial charge >= 0.3 is 0 Å². The van der Waals surface area contributed by atoms with Crippen LogP contribution in [0, 0.1) is 11.3 Å². The molecular formula is C8H5N3O. The number of fused-ring (bicyclic) bond motifs is 1. The highest BCUT2D eigenvalue weighted by Gasteiger charge is 2.17. The van der Waals surface area contributed by atoms with Crippen molar-refractivity contribution < 1.29 is 4.79 Å². The molecule has 2 rings (SSSR count). The van der Waals surface area contributed by atoms with Crippen LogP contribution >= 0.6 is 0 Å². The monoisotopic (exact) mass is 159 g/mol. The predicted molar refractivity (Wildman–Crippen MR) is 41.3 cm³/mol. The summed E-state index contributed by atoms with van der Waals surface area (Å²) in [6.07, 6.45) is 1.93. The first kappa shape index (κ1) is 6.80. The lowest BCUT2D eigenvalue weighted by molar-refractivity contribution is -0.115. The van der Waals surface area contributed by atoms with E-state index in [2.05, 4.69) is 10.3 Å². The van der Waals surface area contributed by atoms with Crippen LogP contribution in [0.1, 0.15) is 11.3 Å². The highest BCUT2D eigenvalue weighted by molar-refractivity contribution is 5.99. The molecule has 0 aliphatic carbocycles. The van der Waals surface area contributed by atoms with Gasteiger partial charge in [-0.05, 0) is 6.07 Å². The van der Waals surface area contributed by atoms with Crippen LogP contribution in [0.2, 0.25) is 0 Å². The Bertz CT molecular complexity index is 392. The van der Waals surface area contributed by atoms with Crippen LogP contribution in [-0.4, -0.2) is 10.9 Å². The number of hydrogen-bond acceptors (Lipinski definition) is 3. The lowest BCUT2D eigenvalue weighted by Crippen LogP contribution is -2.03. The summed E-state index contributed by atoms with van der Waals surface area (Å²) in [5.41, 5.74) is 1.90. The van der Waals surface area contributed by atoms with Crippen molar-refractivity contribution >= 4 is 11.6 Å². The second kappa shape index (κ2) is 2.31. The molecule has 1 aliphatic rings. The van der Waals surface area contributed by atoms with E-state index in [4.69, 9.17) is 5.26 Å². The van der Waals surface area contributed by atoms with E-state index in [9.17, 15) is 4.79 Å². The maximum absolute atomic E-state index is 10.9. The maximum Gasteiger partial charge on any atom is 0.228 e. The Hall–Kier alpha value is -1.89. The van der Waals surface area contributed by atoms with Gasteiger partial charge in [-0.1, -0.05) is 0 Å². The molecule has 0 atom stereocenters. The quantitative estimate of drug-likeness (QED) is 0.597. The first-order valence-electron chi connectivity index (χ1n) is 3.48. The molecule has 0 bridgehead atoms. The fourth-order valence-corrected chi connectivity index (χ4v) is 1.17. The average Bonchev–Trinajstić information content (AvgIpc) is 2.43. The van der Waals surface area contributed by atoms with Gasteiger partial charge in [-0.15, -0.1) is 0 Å². The van der Waals surface area contributed by atoms with Gasteiger partial charge in [0.1, 0.15) is 11.8 Å². The molecular weight excluding hydrogens is 154 g/mol. The highest BCUT2D eigenvalue weighted by Crippen LogP contribution is 2.21. The molecule has 58 valence electrons. The van der Waals surface area contributed by atoms with Gasteiger partial charge in [-0.3, -0.25) is 4.79 Å². The summed E-state index contributed by atoms with van der Waals surface area (Å²) in [6, 6.07) is 3.49. The molecule has 2 heterocycles. The number of nitrogens with zero attached hydrogens (tertiary/aromatic N) is 2. The summed E-state index contributed by atoms with van der Waals surface area (Å²) in [5.74, 6) is -0.0399. The zero-order valence-corrected chi connectivity index (χ0v) is 6.16. The number of rotatable bonds is 0. The van der Waals surface area contributed by atoms with Gasteiger partial charge in [0.25, 0.3) is 0 Å². The molecule has 0 unspecified atom stereocenters. The Morgan fingerprint density at radius 1 is 1.67 bits per heavy atom. The van der Waals surface area contributed by atoms with Crippen LogP contribution in [0.25, 0.3) is 0 Å². The van der Waals surface area contributed by atoms with Crippen LogP contribution in [0.15, 0.2) is 12.3 Å². The van der Waals surface area contributed by atoms with Crippen molar-refractivity contribution in [3.8, 4) is 6.07 Å². The van der Waals surface area contributed by atoms with E-state index in [1.807, 2.05) is 6.07 Å². The molecule has 1 aliphatic heterocycles. The van der Waals surface area contributed by atoms with Crippen molar-refractivity contribution in [3.63, 3.8) is 0 Å². The van der Waals surface area contributed by atoms with Crippen LogP contribution in [0.4, 0.5) is 5.69 Å². The lowest BCUT2D eigenvalue weighted by Gasteiger charge is -1.95. The Kier molecular flexibility index (Phi) is 1.31. The van der Waals surface area contributed by atoms with Crippen LogP contribution in [0.3, 0.4) is 0 Å². The third-order valence-corrected chi connectivity index (χ3v) is 1.73. The second-order valence-electron chi connectivity index (χ2n) is 2.56. The van der Waals surface area contributed by atoms with E-state index in [0.717, 1.165) is 5.56 Å². The third-order valence-electron chi connectivity index (χ3n) is 1.73. The molecule has 1 N–H and O–H groups in total. The van der Waals surface area contributed by atoms with Gasteiger partial charge in [0.2, 0.25) is 5.91 Å². The Morgan fingerprint density at radius 3 is 3.25 bits per heavy atom. The molecule has 0 radical (unpaired) electrons. The van der Waals surface area contributed by atoms with E-state index in [0.29, 0.717) is 17.8 Å². The van der Waals surface area contributed by atoms with E-state index in [1.54, 1.807) is 12.3 Å². The lowest BCUT2D eigenvalue weighted by atomic mass is 10.2. The van der Waals surface area contributed by atoms with E-state index in [1.165, 1.54) is 0 Å². The number of pyridine rings is 1. The standard InChI is InChI=1S/C8H5N3O/c9-3-6-2-7-5(4-10-6)1-8(12)11-7/h2,4H,1H2,(H,11,12). The van der Waals surface area contributed by atoms with E-state index in [-0.39, 0.29) is 5.91 Å². The predicted octanol–water partition coefficient (Wildman–Crippen LogP) is 0.448. The van der Waals surface area contributed by atoms with Gasteiger partial charge in [-0.25, -0.2) is 4.98 Å². The van der Waals surface area contributed by atoms with Crippen molar-refractivity contribution in [1.29, 1.82) is 5.26 Å². The fraction of sp³-hybridized carbons (Fsp3) is 0.125. The number of nitriles is 1. The summed E-state index contributed by atoms with van der Waals surface area (Å²) in [6.45, 7) is 0. The number of carbonyl (C=O) groups excluding carboxylic acids is 1. The van der Waals surface area contributed by atoms with Gasteiger partial charge in [-0.2, -0.15) is 5.26 Å². The molecule has 0 fully saturated rings. The van der Waals surface area contributed by atoms with Crippen molar-refractivity contribution in [1.82, 2.24) is 4.98 Å². The zero-order valence-electron chi connectivity index (χ0n) is 6.16. The Balaban J connectivity index is 2.50. The molecule has 0 saturated carbocycles. The number of aromatic nitrogens is 1. The van der Waals surface area contributed by atoms with Crippen molar-refractivity contribution in [2.75, 3.05) is 5.32 Å². The zero-order chi connectivity index (χ0) is 8.55. The average molecular weight is 159 g/mol. The first-order chi connectivity index (χ1) is 5.79. The molecule has 1 aromatic heterocycles. The van der Waals surface area contributed by atoms with E-state index >= 15 is 0 Å². The number of nitrogens with one attached hydrogen (secondary N) is 1. The molecule has 4 nitrogen and oxygen atoms in total. The number of anilines is 1. The van der Waals surface area contributed by atoms with Crippen molar-refractivity contribution in [3.05, 3.63) is 23.5 Å². The molecule has 4 heteroatoms. The molecule has 12 heavy (non-hydrogen) atoms. The number of carbonyl (C=O) groups is 1. The van der Waals surface area contributed by atoms with Gasteiger partial charge in [0.15, 0.2) is 0 Å². The molecule has 0 saturated heterocycles. The van der Waals surface area contributed by atoms with Gasteiger partial charge in [0.05, 0.1) is 6.42 Å². The van der Waals surface area contributed by atoms with Crippen LogP contribution < -0.4 is 5.32 Å². The van der Waals surface area contributed by atoms with Crippen molar-refractivity contribution in [2.45, 2.75) is 6.42 Å². The SMILES string of the molecule is N#Cc1cc2c(cn1)CC(=O)N2. The molecule has 1 amide bonds. The number of hydrogen-bond donors (Lipinski definition) is 1. The largest absolute Gasteiger partial charge is 0.325 e. The summed E-state index contributed by atoms with van der Waals surface area (Å²) in [5, 5.41) is 11.2. The van der Waals surface area contributed by atoms with Crippen LogP contribution in [0.5, 0.6) is 0 Å². The summed E-state index contributed by atoms with van der Waals surface area (Å²) >= 11 is 0. The highest BCUT2D eigenvalue weighted by atomic mass is 16.1. The minimum absolute atomic E-state index is 0.0399. The summed E-state index contributed by atoms with van der Waals surface area (Å²) in [7, 11) is 0. The first-order valence-corrected chi connectivity index (χ1v) is 3.48. The Labute approximate surface area is 68.8 Å². The van der Waals surface area contributed by atoms with E-state index < -0.39 is 0 Å². The minimum atomic E-state index is -0.0399. The second-order valence-corrected chi connectivity index (χ2v) is 2.56. The molecule has 1 aromatic rings. The minimum Gasteiger partial charge on any atom is -0.325 e. The molecule has 0 aromatic carbocycles. The molecule has 0 spiro atoms. The van der Waals surface area contributed by atoms with Crippen molar-refractivity contribution in [2.24, 2.45) is 0 Å². The van der Waals surface area contributed by atoms with Gasteiger partial charge < -0.3 is 5.32 Å². The normalized spacial score (nSPS) is 13.4.